The molecule has 0 atom stereocenters. The molecule has 1 aromatic carbocycles. The van der Waals surface area contributed by atoms with Crippen LogP contribution in [0.2, 0.25) is 0 Å². The lowest BCUT2D eigenvalue weighted by Gasteiger charge is -2.08. The van der Waals surface area contributed by atoms with Gasteiger partial charge >= 0.3 is 0 Å². The Morgan fingerprint density at radius 1 is 1.47 bits per heavy atom. The first-order valence-electron chi connectivity index (χ1n) is 5.21. The molecule has 4 nitrogen and oxygen atoms in total. The third-order valence-electron chi connectivity index (χ3n) is 2.31. The Hall–Kier alpha value is -0.850. The van der Waals surface area contributed by atoms with Gasteiger partial charge in [0.15, 0.2) is 5.16 Å². The molecule has 2 N–H and O–H groups in total. The predicted molar refractivity (Wildman–Crippen MR) is 72.0 cm³/mol. The van der Waals surface area contributed by atoms with Crippen LogP contribution in [0.25, 0.3) is 0 Å². The molecule has 17 heavy (non-hydrogen) atoms. The van der Waals surface area contributed by atoms with Crippen LogP contribution in [0, 0.1) is 0 Å². The maximum atomic E-state index is 5.63. The highest BCUT2D eigenvalue weighted by atomic mass is 79.9. The largest absolute Gasteiger partial charge is 0.330 e. The molecule has 0 aliphatic carbocycles. The van der Waals surface area contributed by atoms with Crippen molar-refractivity contribution in [3.63, 3.8) is 0 Å². The highest BCUT2D eigenvalue weighted by Crippen LogP contribution is 2.30. The van der Waals surface area contributed by atoms with Gasteiger partial charge in [-0.3, -0.25) is 0 Å². The van der Waals surface area contributed by atoms with Gasteiger partial charge in [-0.1, -0.05) is 15.9 Å². The number of hydrogen-bond acceptors (Lipinski definition) is 4. The van der Waals surface area contributed by atoms with E-state index in [9.17, 15) is 0 Å². The Morgan fingerprint density at radius 3 is 2.94 bits per heavy atom. The molecule has 0 aliphatic heterocycles. The van der Waals surface area contributed by atoms with E-state index in [2.05, 4.69) is 38.3 Å². The fourth-order valence-electron chi connectivity index (χ4n) is 1.46. The van der Waals surface area contributed by atoms with E-state index in [4.69, 9.17) is 5.73 Å². The molecule has 0 fully saturated rings. The summed E-state index contributed by atoms with van der Waals surface area (Å²) >= 11 is 5.08. The van der Waals surface area contributed by atoms with E-state index in [0.29, 0.717) is 6.54 Å². The maximum Gasteiger partial charge on any atom is 0.195 e. The molecule has 6 heteroatoms. The molecule has 0 aliphatic rings. The first-order chi connectivity index (χ1) is 8.20. The number of aryl methyl sites for hydroxylation is 1. The number of rotatable bonds is 4. The number of benzene rings is 1. The minimum atomic E-state index is 0.642. The van der Waals surface area contributed by atoms with Crippen LogP contribution < -0.4 is 5.73 Å². The molecule has 0 unspecified atom stereocenters. The predicted octanol–water partition coefficient (Wildman–Crippen LogP) is 2.23. The highest BCUT2D eigenvalue weighted by molar-refractivity contribution is 9.10. The molecule has 2 rings (SSSR count). The topological polar surface area (TPSA) is 56.7 Å². The van der Waals surface area contributed by atoms with Crippen molar-refractivity contribution in [1.82, 2.24) is 14.8 Å². The molecule has 2 aromatic rings. The molecule has 0 amide bonds. The first kappa shape index (κ1) is 12.6. The number of nitrogens with two attached hydrogens (primary N) is 1. The summed E-state index contributed by atoms with van der Waals surface area (Å²) in [5.74, 6) is 0. The average Bonchev–Trinajstić information content (AvgIpc) is 2.69. The summed E-state index contributed by atoms with van der Waals surface area (Å²) in [7, 11) is 1.93. The van der Waals surface area contributed by atoms with E-state index in [1.54, 1.807) is 18.1 Å². The molecule has 0 spiro atoms. The zero-order valence-corrected chi connectivity index (χ0v) is 11.8. The van der Waals surface area contributed by atoms with Gasteiger partial charge in [-0.2, -0.15) is 0 Å². The minimum Gasteiger partial charge on any atom is -0.330 e. The summed E-state index contributed by atoms with van der Waals surface area (Å²) in [4.78, 5) is 1.18. The zero-order chi connectivity index (χ0) is 12.3. The van der Waals surface area contributed by atoms with Gasteiger partial charge in [-0.05, 0) is 48.5 Å². The number of aromatic nitrogens is 3. The molecule has 0 saturated heterocycles. The second-order valence-electron chi connectivity index (χ2n) is 3.62. The lowest BCUT2D eigenvalue weighted by atomic mass is 10.1. The van der Waals surface area contributed by atoms with E-state index < -0.39 is 0 Å². The van der Waals surface area contributed by atoms with Crippen molar-refractivity contribution in [2.45, 2.75) is 16.5 Å². The van der Waals surface area contributed by atoms with Gasteiger partial charge in [-0.25, -0.2) is 0 Å². The SMILES string of the molecule is Cn1cnnc1Sc1ccc(Br)cc1CCN. The van der Waals surface area contributed by atoms with Crippen molar-refractivity contribution in [1.29, 1.82) is 0 Å². The highest BCUT2D eigenvalue weighted by Gasteiger charge is 2.08. The van der Waals surface area contributed by atoms with Crippen LogP contribution in [0.1, 0.15) is 5.56 Å². The van der Waals surface area contributed by atoms with E-state index in [1.165, 1.54) is 10.5 Å². The van der Waals surface area contributed by atoms with Crippen molar-refractivity contribution in [2.24, 2.45) is 12.8 Å². The van der Waals surface area contributed by atoms with Crippen LogP contribution in [0.4, 0.5) is 0 Å². The number of hydrogen-bond donors (Lipinski definition) is 1. The van der Waals surface area contributed by atoms with E-state index in [1.807, 2.05) is 17.7 Å². The second kappa shape index (κ2) is 5.66. The Labute approximate surface area is 113 Å². The van der Waals surface area contributed by atoms with Gasteiger partial charge in [0, 0.05) is 16.4 Å². The zero-order valence-electron chi connectivity index (χ0n) is 9.43. The molecule has 90 valence electrons. The molecular formula is C11H13BrN4S. The van der Waals surface area contributed by atoms with Crippen molar-refractivity contribution in [2.75, 3.05) is 6.54 Å². The van der Waals surface area contributed by atoms with Crippen molar-refractivity contribution < 1.29 is 0 Å². The smallest absolute Gasteiger partial charge is 0.195 e. The van der Waals surface area contributed by atoms with E-state index >= 15 is 0 Å². The van der Waals surface area contributed by atoms with Gasteiger partial charge in [0.25, 0.3) is 0 Å². The van der Waals surface area contributed by atoms with E-state index in [0.717, 1.165) is 16.0 Å². The third-order valence-corrected chi connectivity index (χ3v) is 3.97. The molecule has 1 aromatic heterocycles. The van der Waals surface area contributed by atoms with Crippen LogP contribution in [-0.4, -0.2) is 21.3 Å². The van der Waals surface area contributed by atoms with Crippen molar-refractivity contribution in [3.8, 4) is 0 Å². The summed E-state index contributed by atoms with van der Waals surface area (Å²) in [5.41, 5.74) is 6.86. The molecular weight excluding hydrogens is 300 g/mol. The minimum absolute atomic E-state index is 0.642. The molecule has 1 heterocycles. The first-order valence-corrected chi connectivity index (χ1v) is 6.82. The Bertz CT molecular complexity index is 512. The quantitative estimate of drug-likeness (QED) is 0.940. The van der Waals surface area contributed by atoms with Crippen molar-refractivity contribution in [3.05, 3.63) is 34.6 Å². The maximum absolute atomic E-state index is 5.63. The van der Waals surface area contributed by atoms with Gasteiger partial charge < -0.3 is 10.3 Å². The monoisotopic (exact) mass is 312 g/mol. The second-order valence-corrected chi connectivity index (χ2v) is 5.54. The van der Waals surface area contributed by atoms with Gasteiger partial charge in [0.05, 0.1) is 0 Å². The average molecular weight is 313 g/mol. The van der Waals surface area contributed by atoms with Crippen LogP contribution in [0.15, 0.2) is 39.1 Å². The van der Waals surface area contributed by atoms with Gasteiger partial charge in [-0.15, -0.1) is 10.2 Å². The Kier molecular flexibility index (Phi) is 4.20. The Balaban J connectivity index is 2.29. The summed E-state index contributed by atoms with van der Waals surface area (Å²) in [6, 6.07) is 6.21. The lowest BCUT2D eigenvalue weighted by Crippen LogP contribution is -2.04. The van der Waals surface area contributed by atoms with Crippen LogP contribution in [-0.2, 0) is 13.5 Å². The fraction of sp³-hybridized carbons (Fsp3) is 0.273. The van der Waals surface area contributed by atoms with E-state index in [-0.39, 0.29) is 0 Å². The number of nitrogens with zero attached hydrogens (tertiary/aromatic N) is 3. The summed E-state index contributed by atoms with van der Waals surface area (Å²) < 4.78 is 2.97. The third kappa shape index (κ3) is 3.08. The Morgan fingerprint density at radius 2 is 2.29 bits per heavy atom. The summed E-state index contributed by atoms with van der Waals surface area (Å²) in [5, 5.41) is 8.82. The fourth-order valence-corrected chi connectivity index (χ4v) is 2.77. The molecule has 0 saturated carbocycles. The standard InChI is InChI=1S/C11H13BrN4S/c1-16-7-14-15-11(16)17-10-3-2-9(12)6-8(10)4-5-13/h2-3,6-7H,4-5,13H2,1H3. The van der Waals surface area contributed by atoms with Crippen molar-refractivity contribution >= 4 is 27.7 Å². The number of halogens is 1. The normalized spacial score (nSPS) is 10.8. The lowest BCUT2D eigenvalue weighted by molar-refractivity contribution is 0.787. The van der Waals surface area contributed by atoms with Crippen LogP contribution >= 0.6 is 27.7 Å². The van der Waals surface area contributed by atoms with Gasteiger partial charge in [0.2, 0.25) is 0 Å². The van der Waals surface area contributed by atoms with Crippen LogP contribution in [0.5, 0.6) is 0 Å². The molecule has 0 bridgehead atoms. The summed E-state index contributed by atoms with van der Waals surface area (Å²) in [6.07, 6.45) is 2.56. The van der Waals surface area contributed by atoms with Gasteiger partial charge in [0.1, 0.15) is 6.33 Å². The molecule has 0 radical (unpaired) electrons. The summed E-state index contributed by atoms with van der Waals surface area (Å²) in [6.45, 7) is 0.642. The van der Waals surface area contributed by atoms with Crippen LogP contribution in [0.3, 0.4) is 0 Å².